The maximum absolute atomic E-state index is 14.0. The van der Waals surface area contributed by atoms with Gasteiger partial charge in [-0.1, -0.05) is 36.4 Å². The van der Waals surface area contributed by atoms with Gasteiger partial charge < -0.3 is 19.9 Å². The van der Waals surface area contributed by atoms with E-state index in [1.165, 1.54) is 22.4 Å². The lowest BCUT2D eigenvalue weighted by Gasteiger charge is -2.56. The average Bonchev–Trinajstić information content (AvgIpc) is 2.88. The molecule has 3 aromatic rings. The summed E-state index contributed by atoms with van der Waals surface area (Å²) < 4.78 is 28.6. The number of nitrogens with one attached hydrogen (secondary N) is 1. The highest BCUT2D eigenvalue weighted by molar-refractivity contribution is 5.99. The van der Waals surface area contributed by atoms with Crippen LogP contribution in [0.3, 0.4) is 0 Å². The van der Waals surface area contributed by atoms with E-state index in [4.69, 9.17) is 0 Å². The molecule has 5 rings (SSSR count). The number of fused-ring (bicyclic) bond motifs is 2. The highest BCUT2D eigenvalue weighted by Gasteiger charge is 2.50. The van der Waals surface area contributed by atoms with Gasteiger partial charge in [0.2, 0.25) is 5.43 Å². The zero-order valence-electron chi connectivity index (χ0n) is 21.1. The quantitative estimate of drug-likeness (QED) is 0.538. The van der Waals surface area contributed by atoms with Crippen LogP contribution in [0.15, 0.2) is 59.5 Å². The zero-order valence-corrected chi connectivity index (χ0v) is 21.1. The molecule has 1 unspecified atom stereocenters. The second-order valence-corrected chi connectivity index (χ2v) is 10.0. The Morgan fingerprint density at radius 1 is 1.16 bits per heavy atom. The molecule has 8 nitrogen and oxygen atoms in total. The molecule has 198 valence electrons. The fourth-order valence-corrected chi connectivity index (χ4v) is 5.49. The van der Waals surface area contributed by atoms with Gasteiger partial charge in [0, 0.05) is 37.0 Å². The van der Waals surface area contributed by atoms with Crippen molar-refractivity contribution in [1.29, 1.82) is 0 Å². The Kier molecular flexibility index (Phi) is 6.52. The van der Waals surface area contributed by atoms with E-state index in [-0.39, 0.29) is 36.0 Å². The Morgan fingerprint density at radius 3 is 2.61 bits per heavy atom. The summed E-state index contributed by atoms with van der Waals surface area (Å²) in [6, 6.07) is 13.2. The Morgan fingerprint density at radius 2 is 1.89 bits per heavy atom. The Balaban J connectivity index is 1.43. The smallest absolute Gasteiger partial charge is 0.276 e. The average molecular weight is 523 g/mol. The summed E-state index contributed by atoms with van der Waals surface area (Å²) in [5.74, 6) is -3.71. The molecular weight excluding hydrogens is 494 g/mol. The van der Waals surface area contributed by atoms with Gasteiger partial charge in [-0.3, -0.25) is 19.3 Å². The molecule has 1 aromatic heterocycles. The molecule has 38 heavy (non-hydrogen) atoms. The van der Waals surface area contributed by atoms with Crippen LogP contribution >= 0.6 is 0 Å². The zero-order chi connectivity index (χ0) is 27.2. The van der Waals surface area contributed by atoms with E-state index in [9.17, 15) is 28.3 Å². The number of aromatic hydroxyl groups is 1. The molecule has 0 spiro atoms. The molecule has 2 atom stereocenters. The first-order valence-corrected chi connectivity index (χ1v) is 12.4. The van der Waals surface area contributed by atoms with Crippen molar-refractivity contribution in [2.45, 2.75) is 44.6 Å². The molecule has 3 heterocycles. The normalized spacial score (nSPS) is 21.1. The molecule has 2 aliphatic heterocycles. The van der Waals surface area contributed by atoms with E-state index in [2.05, 4.69) is 22.3 Å². The van der Waals surface area contributed by atoms with Gasteiger partial charge in [-0.25, -0.2) is 8.78 Å². The third kappa shape index (κ3) is 4.34. The molecular formula is C28H28F2N4O4. The second kappa shape index (κ2) is 9.68. The summed E-state index contributed by atoms with van der Waals surface area (Å²) in [6.45, 7) is 2.31. The summed E-state index contributed by atoms with van der Waals surface area (Å²) in [5.41, 5.74) is -1.08. The van der Waals surface area contributed by atoms with Crippen molar-refractivity contribution in [1.82, 2.24) is 19.7 Å². The number of hydrogen-bond acceptors (Lipinski definition) is 5. The summed E-state index contributed by atoms with van der Waals surface area (Å²) in [7, 11) is 1.95. The summed E-state index contributed by atoms with van der Waals surface area (Å²) in [4.78, 5) is 43.1. The van der Waals surface area contributed by atoms with Crippen molar-refractivity contribution >= 4 is 11.8 Å². The van der Waals surface area contributed by atoms with Gasteiger partial charge in [0.1, 0.15) is 22.9 Å². The van der Waals surface area contributed by atoms with Crippen LogP contribution in [-0.2, 0) is 19.5 Å². The number of amides is 2. The van der Waals surface area contributed by atoms with Crippen LogP contribution in [0.1, 0.15) is 45.3 Å². The number of pyridine rings is 1. The van der Waals surface area contributed by atoms with Crippen molar-refractivity contribution in [2.24, 2.45) is 0 Å². The second-order valence-electron chi connectivity index (χ2n) is 10.0. The van der Waals surface area contributed by atoms with E-state index < -0.39 is 40.3 Å². The first-order chi connectivity index (χ1) is 18.1. The molecule has 2 N–H and O–H groups in total. The molecule has 2 aliphatic rings. The van der Waals surface area contributed by atoms with Crippen LogP contribution in [0.2, 0.25) is 0 Å². The van der Waals surface area contributed by atoms with Gasteiger partial charge in [0.05, 0.1) is 6.54 Å². The number of hydrogen-bond donors (Lipinski definition) is 2. The molecule has 0 radical (unpaired) electrons. The van der Waals surface area contributed by atoms with Crippen LogP contribution in [0, 0.1) is 11.6 Å². The number of benzene rings is 2. The number of aromatic nitrogens is 1. The fourth-order valence-electron chi connectivity index (χ4n) is 5.49. The first-order valence-electron chi connectivity index (χ1n) is 12.4. The van der Waals surface area contributed by atoms with Gasteiger partial charge in [0.25, 0.3) is 11.8 Å². The van der Waals surface area contributed by atoms with Crippen molar-refractivity contribution in [3.05, 3.63) is 99.0 Å². The van der Waals surface area contributed by atoms with Crippen LogP contribution in [0.25, 0.3) is 0 Å². The summed E-state index contributed by atoms with van der Waals surface area (Å²) >= 11 is 0. The van der Waals surface area contributed by atoms with Crippen LogP contribution in [0.4, 0.5) is 8.78 Å². The third-order valence-electron chi connectivity index (χ3n) is 7.76. The first kappa shape index (κ1) is 25.6. The molecule has 1 fully saturated rings. The van der Waals surface area contributed by atoms with Crippen LogP contribution in [0.5, 0.6) is 5.75 Å². The lowest BCUT2D eigenvalue weighted by atomic mass is 9.91. The molecule has 0 aliphatic carbocycles. The van der Waals surface area contributed by atoms with Gasteiger partial charge in [-0.15, -0.1) is 0 Å². The minimum Gasteiger partial charge on any atom is -0.503 e. The Hall–Kier alpha value is -4.05. The molecule has 2 amide bonds. The number of nitrogens with zero attached hydrogens (tertiary/aromatic N) is 3. The number of halogens is 2. The highest BCUT2D eigenvalue weighted by Crippen LogP contribution is 2.37. The topological polar surface area (TPSA) is 94.9 Å². The van der Waals surface area contributed by atoms with Gasteiger partial charge >= 0.3 is 0 Å². The molecule has 0 bridgehead atoms. The van der Waals surface area contributed by atoms with E-state index in [1.807, 2.05) is 32.2 Å². The number of carbonyl (C=O) groups is 2. The lowest BCUT2D eigenvalue weighted by molar-refractivity contribution is -0.0908. The van der Waals surface area contributed by atoms with Crippen LogP contribution < -0.4 is 10.7 Å². The monoisotopic (exact) mass is 522 g/mol. The maximum atomic E-state index is 14.0. The Bertz CT molecular complexity index is 1480. The molecule has 1 saturated heterocycles. The van der Waals surface area contributed by atoms with Gasteiger partial charge in [0.15, 0.2) is 11.4 Å². The fraction of sp³-hybridized carbons (Fsp3) is 0.321. The largest absolute Gasteiger partial charge is 0.503 e. The van der Waals surface area contributed by atoms with E-state index in [0.29, 0.717) is 12.6 Å². The minimum absolute atomic E-state index is 0.0358. The Labute approximate surface area is 218 Å². The summed E-state index contributed by atoms with van der Waals surface area (Å²) in [6.07, 6.45) is 2.78. The standard InChI is InChI=1S/C28H28F2N4O4/c1-28-16-33-15-21(26(37)31-14-18-8-9-19(29)13-22(18)30)24(35)25(36)23(33)27(38)34(28)11-10-20(32(28)2)12-17-6-4-3-5-7-17/h3-9,13,15,20,36H,10-12,14,16H2,1-2H3,(H,31,37)/t20-,28?/m1/s1. The number of rotatable bonds is 5. The molecule has 0 saturated carbocycles. The third-order valence-corrected chi connectivity index (χ3v) is 7.76. The van der Waals surface area contributed by atoms with Crippen molar-refractivity contribution in [3.63, 3.8) is 0 Å². The van der Waals surface area contributed by atoms with Gasteiger partial charge in [-0.05, 0) is 38.4 Å². The predicted molar refractivity (Wildman–Crippen MR) is 136 cm³/mol. The molecule has 2 aromatic carbocycles. The van der Waals surface area contributed by atoms with Crippen molar-refractivity contribution < 1.29 is 23.5 Å². The van der Waals surface area contributed by atoms with E-state index >= 15 is 0 Å². The summed E-state index contributed by atoms with van der Waals surface area (Å²) in [5, 5.41) is 13.2. The van der Waals surface area contributed by atoms with E-state index in [0.717, 1.165) is 18.9 Å². The van der Waals surface area contributed by atoms with Crippen molar-refractivity contribution in [2.75, 3.05) is 13.6 Å². The maximum Gasteiger partial charge on any atom is 0.276 e. The lowest BCUT2D eigenvalue weighted by Crippen LogP contribution is -2.70. The van der Waals surface area contributed by atoms with E-state index in [1.54, 1.807) is 4.90 Å². The molecule has 10 heteroatoms. The van der Waals surface area contributed by atoms with Gasteiger partial charge in [-0.2, -0.15) is 0 Å². The predicted octanol–water partition coefficient (Wildman–Crippen LogP) is 2.88. The minimum atomic E-state index is -0.988. The highest BCUT2D eigenvalue weighted by atomic mass is 19.1. The number of likely N-dealkylation sites (N-methyl/N-ethyl adjacent to an activating group) is 1. The number of carbonyl (C=O) groups excluding carboxylic acids is 2. The van der Waals surface area contributed by atoms with Crippen molar-refractivity contribution in [3.8, 4) is 5.75 Å². The SMILES string of the molecule is CN1[C@@H](Cc2ccccc2)CCN2C(=O)c3c(O)c(=O)c(C(=O)NCc4ccc(F)cc4F)cn3CC21C. The van der Waals surface area contributed by atoms with Crippen LogP contribution in [-0.4, -0.2) is 56.6 Å².